The Morgan fingerprint density at radius 2 is 2.21 bits per heavy atom. The third-order valence-corrected chi connectivity index (χ3v) is 5.16. The fraction of sp³-hybridized carbons (Fsp3) is 0.400. The molecule has 1 aliphatic rings. The summed E-state index contributed by atoms with van der Waals surface area (Å²) in [6.45, 7) is 3.33. The van der Waals surface area contributed by atoms with Crippen LogP contribution in [0.4, 0.5) is 8.78 Å². The molecule has 1 amide bonds. The number of hydrogen-bond acceptors (Lipinski definition) is 6. The van der Waals surface area contributed by atoms with Crippen LogP contribution in [0.25, 0.3) is 11.0 Å². The molecule has 1 aromatic carbocycles. The zero-order valence-corrected chi connectivity index (χ0v) is 16.1. The quantitative estimate of drug-likeness (QED) is 0.674. The molecule has 154 valence electrons. The van der Waals surface area contributed by atoms with Crippen molar-refractivity contribution < 1.29 is 27.3 Å². The fourth-order valence-electron chi connectivity index (χ4n) is 3.91. The zero-order valence-electron chi connectivity index (χ0n) is 16.1. The summed E-state index contributed by atoms with van der Waals surface area (Å²) in [5, 5.41) is 6.87. The van der Waals surface area contributed by atoms with Gasteiger partial charge in [0.2, 0.25) is 0 Å². The molecule has 9 heteroatoms. The van der Waals surface area contributed by atoms with Gasteiger partial charge in [0.15, 0.2) is 0 Å². The van der Waals surface area contributed by atoms with Gasteiger partial charge in [0.1, 0.15) is 35.2 Å². The van der Waals surface area contributed by atoms with E-state index in [-0.39, 0.29) is 41.1 Å². The molecule has 0 saturated carbocycles. The summed E-state index contributed by atoms with van der Waals surface area (Å²) < 4.78 is 46.3. The van der Waals surface area contributed by atoms with Gasteiger partial charge in [-0.1, -0.05) is 5.16 Å². The van der Waals surface area contributed by atoms with Crippen LogP contribution in [0.3, 0.4) is 0 Å². The molecule has 1 fully saturated rings. The maximum Gasteiger partial charge on any atom is 0.267 e. The number of nitrogens with zero attached hydrogens (tertiary/aromatic N) is 1. The highest BCUT2D eigenvalue weighted by Gasteiger charge is 2.45. The largest absolute Gasteiger partial charge is 0.487 e. The number of hydrogen-bond donors (Lipinski definition) is 2. The first-order chi connectivity index (χ1) is 13.8. The number of rotatable bonds is 5. The molecule has 3 heterocycles. The second-order valence-electron chi connectivity index (χ2n) is 7.24. The highest BCUT2D eigenvalue weighted by Crippen LogP contribution is 2.47. The van der Waals surface area contributed by atoms with E-state index >= 15 is 0 Å². The second-order valence-corrected chi connectivity index (χ2v) is 7.24. The lowest BCUT2D eigenvalue weighted by Crippen LogP contribution is -2.44. The van der Waals surface area contributed by atoms with E-state index in [0.29, 0.717) is 23.6 Å². The number of halogens is 2. The zero-order chi connectivity index (χ0) is 20.8. The van der Waals surface area contributed by atoms with E-state index in [1.165, 1.54) is 0 Å². The molecule has 0 bridgehead atoms. The van der Waals surface area contributed by atoms with E-state index < -0.39 is 24.3 Å². The van der Waals surface area contributed by atoms with Gasteiger partial charge < -0.3 is 24.7 Å². The fourth-order valence-corrected chi connectivity index (χ4v) is 3.91. The van der Waals surface area contributed by atoms with Gasteiger partial charge in [-0.2, -0.15) is 0 Å². The van der Waals surface area contributed by atoms with Gasteiger partial charge in [0.05, 0.1) is 18.0 Å². The van der Waals surface area contributed by atoms with E-state index in [2.05, 4.69) is 10.5 Å². The first kappa shape index (κ1) is 19.4. The topological polar surface area (TPSA) is 104 Å². The van der Waals surface area contributed by atoms with Crippen LogP contribution in [-0.2, 0) is 6.61 Å². The van der Waals surface area contributed by atoms with E-state index in [1.54, 1.807) is 32.0 Å². The molecule has 7 nitrogen and oxygen atoms in total. The number of aryl methyl sites for hydroxylation is 2. The van der Waals surface area contributed by atoms with Crippen LogP contribution in [-0.4, -0.2) is 30.1 Å². The number of ether oxygens (including phenoxy) is 1. The number of carbonyl (C=O) groups excluding carboxylic acids is 1. The maximum atomic E-state index is 14.9. The predicted molar refractivity (Wildman–Crippen MR) is 100 cm³/mol. The molecule has 0 aliphatic carbocycles. The minimum absolute atomic E-state index is 0.0368. The van der Waals surface area contributed by atoms with Crippen molar-refractivity contribution in [2.24, 2.45) is 5.73 Å². The maximum absolute atomic E-state index is 14.9. The number of alkyl halides is 2. The van der Waals surface area contributed by atoms with E-state index in [4.69, 9.17) is 19.4 Å². The molecule has 3 N–H and O–H groups in total. The van der Waals surface area contributed by atoms with Crippen molar-refractivity contribution >= 4 is 16.9 Å². The van der Waals surface area contributed by atoms with Gasteiger partial charge in [-0.25, -0.2) is 8.78 Å². The Kier molecular flexibility index (Phi) is 4.77. The van der Waals surface area contributed by atoms with Crippen LogP contribution in [0.15, 0.2) is 27.1 Å². The lowest BCUT2D eigenvalue weighted by atomic mass is 9.83. The molecule has 1 aliphatic heterocycles. The van der Waals surface area contributed by atoms with Crippen LogP contribution in [0.2, 0.25) is 0 Å². The summed E-state index contributed by atoms with van der Waals surface area (Å²) in [6, 6.07) is 4.88. The van der Waals surface area contributed by atoms with Crippen molar-refractivity contribution in [2.45, 2.75) is 38.7 Å². The van der Waals surface area contributed by atoms with Gasteiger partial charge in [0, 0.05) is 17.0 Å². The summed E-state index contributed by atoms with van der Waals surface area (Å²) >= 11 is 0. The van der Waals surface area contributed by atoms with Gasteiger partial charge in [-0.05, 0) is 38.9 Å². The molecule has 1 atom stereocenters. The molecule has 2 aromatic heterocycles. The number of fused-ring (bicyclic) bond motifs is 1. The van der Waals surface area contributed by atoms with Gasteiger partial charge in [-0.3, -0.25) is 4.79 Å². The Balaban J connectivity index is 1.87. The number of piperidine rings is 1. The molecule has 0 spiro atoms. The number of carbonyl (C=O) groups is 1. The Bertz CT molecular complexity index is 1070. The molecule has 0 radical (unpaired) electrons. The summed E-state index contributed by atoms with van der Waals surface area (Å²) in [5.41, 5.74) is 6.74. The first-order valence-electron chi connectivity index (χ1n) is 9.27. The van der Waals surface area contributed by atoms with Crippen molar-refractivity contribution in [2.75, 3.05) is 13.1 Å². The molecule has 4 rings (SSSR count). The molecule has 1 unspecified atom stereocenters. The monoisotopic (exact) mass is 405 g/mol. The average Bonchev–Trinajstić information content (AvgIpc) is 3.21. The summed E-state index contributed by atoms with van der Waals surface area (Å²) in [4.78, 5) is 12.1. The van der Waals surface area contributed by atoms with Crippen molar-refractivity contribution in [3.05, 3.63) is 46.5 Å². The number of nitrogens with one attached hydrogen (secondary N) is 1. The Labute approximate surface area is 165 Å². The molecule has 1 saturated heterocycles. The second kappa shape index (κ2) is 7.14. The molecule has 29 heavy (non-hydrogen) atoms. The van der Waals surface area contributed by atoms with Crippen LogP contribution in [0, 0.1) is 13.8 Å². The van der Waals surface area contributed by atoms with E-state index in [0.717, 1.165) is 0 Å². The Morgan fingerprint density at radius 3 is 2.86 bits per heavy atom. The van der Waals surface area contributed by atoms with Crippen molar-refractivity contribution in [3.8, 4) is 5.75 Å². The van der Waals surface area contributed by atoms with Crippen LogP contribution in [0.1, 0.15) is 45.5 Å². The highest BCUT2D eigenvalue weighted by atomic mass is 19.3. The number of benzene rings is 1. The summed E-state index contributed by atoms with van der Waals surface area (Å²) in [6.07, 6.45) is 0.175. The van der Waals surface area contributed by atoms with Crippen molar-refractivity contribution in [1.29, 1.82) is 0 Å². The van der Waals surface area contributed by atoms with Gasteiger partial charge in [0.25, 0.3) is 11.8 Å². The van der Waals surface area contributed by atoms with E-state index in [1.807, 2.05) is 0 Å². The molecule has 3 aromatic rings. The van der Waals surface area contributed by atoms with E-state index in [9.17, 15) is 13.6 Å². The number of amides is 1. The van der Waals surface area contributed by atoms with Crippen molar-refractivity contribution in [3.63, 3.8) is 0 Å². The van der Waals surface area contributed by atoms with Gasteiger partial charge in [-0.15, -0.1) is 0 Å². The summed E-state index contributed by atoms with van der Waals surface area (Å²) in [5.74, 6) is -3.77. The lowest BCUT2D eigenvalue weighted by molar-refractivity contribution is -0.0423. The normalized spacial score (nSPS) is 18.8. The minimum atomic E-state index is -3.03. The number of nitrogens with two attached hydrogens (primary N) is 1. The number of aromatic nitrogens is 1. The van der Waals surface area contributed by atoms with Crippen LogP contribution < -0.4 is 15.8 Å². The predicted octanol–water partition coefficient (Wildman–Crippen LogP) is 3.43. The standard InChI is InChI=1S/C20H21F2N3O4/c1-10-7-12(25-29-10)8-27-14-3-4-15-18(16(19(23)26)11(2)28-15)17(14)13-5-6-24-9-20(13,21)22/h3-4,7,13,24H,5-6,8-9H2,1-2H3,(H2,23,26). The number of furan rings is 1. The van der Waals surface area contributed by atoms with Crippen LogP contribution in [0.5, 0.6) is 5.75 Å². The van der Waals surface area contributed by atoms with Gasteiger partial charge >= 0.3 is 0 Å². The third kappa shape index (κ3) is 3.46. The Hall–Kier alpha value is -2.94. The summed E-state index contributed by atoms with van der Waals surface area (Å²) in [7, 11) is 0. The smallest absolute Gasteiger partial charge is 0.267 e. The van der Waals surface area contributed by atoms with Crippen LogP contribution >= 0.6 is 0 Å². The highest BCUT2D eigenvalue weighted by molar-refractivity contribution is 6.08. The first-order valence-corrected chi connectivity index (χ1v) is 9.27. The minimum Gasteiger partial charge on any atom is -0.487 e. The molecular weight excluding hydrogens is 384 g/mol. The molecular formula is C20H21F2N3O4. The Morgan fingerprint density at radius 1 is 1.41 bits per heavy atom. The number of primary amides is 1. The third-order valence-electron chi connectivity index (χ3n) is 5.16. The average molecular weight is 405 g/mol. The SMILES string of the molecule is Cc1cc(COc2ccc3oc(C)c(C(N)=O)c3c2C2CCNCC2(F)F)no1. The lowest BCUT2D eigenvalue weighted by Gasteiger charge is -2.33. The van der Waals surface area contributed by atoms with Crippen molar-refractivity contribution in [1.82, 2.24) is 10.5 Å².